The van der Waals surface area contributed by atoms with E-state index in [1.807, 2.05) is 47.4 Å². The Morgan fingerprint density at radius 3 is 2.58 bits per heavy atom. The molecule has 1 aliphatic rings. The van der Waals surface area contributed by atoms with Crippen molar-refractivity contribution in [3.05, 3.63) is 71.0 Å². The van der Waals surface area contributed by atoms with Gasteiger partial charge >= 0.3 is 0 Å². The predicted octanol–water partition coefficient (Wildman–Crippen LogP) is 1.95. The summed E-state index contributed by atoms with van der Waals surface area (Å²) in [7, 11) is 1.61. The number of anilines is 1. The van der Waals surface area contributed by atoms with E-state index >= 15 is 0 Å². The number of rotatable bonds is 5. The van der Waals surface area contributed by atoms with Crippen LogP contribution in [0.25, 0.3) is 21.9 Å². The zero-order valence-electron chi connectivity index (χ0n) is 18.3. The van der Waals surface area contributed by atoms with Crippen LogP contribution in [-0.4, -0.2) is 70.2 Å². The van der Waals surface area contributed by atoms with E-state index in [2.05, 4.69) is 19.9 Å². The molecule has 1 saturated heterocycles. The highest BCUT2D eigenvalue weighted by molar-refractivity contribution is 5.94. The fraction of sp³-hybridized carbons (Fsp3) is 0.292. The van der Waals surface area contributed by atoms with Crippen molar-refractivity contribution in [1.82, 2.24) is 24.4 Å². The number of methoxy groups -OCH3 is 1. The number of amides is 1. The number of piperazine rings is 1. The zero-order valence-corrected chi connectivity index (χ0v) is 18.3. The van der Waals surface area contributed by atoms with Gasteiger partial charge in [-0.1, -0.05) is 12.1 Å². The molecule has 0 spiro atoms. The minimum Gasteiger partial charge on any atom is -0.383 e. The van der Waals surface area contributed by atoms with Crippen molar-refractivity contribution in [1.29, 1.82) is 0 Å². The molecule has 0 radical (unpaired) electrons. The first kappa shape index (κ1) is 21.0. The number of hydrogen-bond acceptors (Lipinski definition) is 7. The molecule has 9 nitrogen and oxygen atoms in total. The number of para-hydroxylation sites is 2. The van der Waals surface area contributed by atoms with Gasteiger partial charge < -0.3 is 14.5 Å². The summed E-state index contributed by atoms with van der Waals surface area (Å²) < 4.78 is 6.62. The SMILES string of the molecule is COCCn1cnc2cc(N3CCN(C(=O)c4cnc5ccccc5n4)CC3)ccc2c1=O. The average Bonchev–Trinajstić information content (AvgIpc) is 2.87. The molecule has 0 bridgehead atoms. The van der Waals surface area contributed by atoms with E-state index in [1.165, 1.54) is 0 Å². The molecule has 9 heteroatoms. The second-order valence-corrected chi connectivity index (χ2v) is 7.96. The monoisotopic (exact) mass is 444 g/mol. The molecule has 3 heterocycles. The molecule has 2 aromatic heterocycles. The van der Waals surface area contributed by atoms with Crippen LogP contribution in [0.1, 0.15) is 10.5 Å². The number of benzene rings is 2. The Morgan fingerprint density at radius 1 is 1.00 bits per heavy atom. The minimum absolute atomic E-state index is 0.0736. The second-order valence-electron chi connectivity index (χ2n) is 7.96. The van der Waals surface area contributed by atoms with Crippen molar-refractivity contribution in [3.8, 4) is 0 Å². The first-order chi connectivity index (χ1) is 16.1. The lowest BCUT2D eigenvalue weighted by molar-refractivity contribution is 0.0741. The molecule has 168 valence electrons. The summed E-state index contributed by atoms with van der Waals surface area (Å²) in [6, 6.07) is 13.2. The van der Waals surface area contributed by atoms with Crippen LogP contribution < -0.4 is 10.5 Å². The van der Waals surface area contributed by atoms with Crippen molar-refractivity contribution in [3.63, 3.8) is 0 Å². The number of ether oxygens (including phenoxy) is 1. The van der Waals surface area contributed by atoms with Crippen molar-refractivity contribution in [2.75, 3.05) is 44.8 Å². The van der Waals surface area contributed by atoms with Gasteiger partial charge in [-0.3, -0.25) is 19.1 Å². The molecule has 1 fully saturated rings. The number of carbonyl (C=O) groups is 1. The Morgan fingerprint density at radius 2 is 1.79 bits per heavy atom. The van der Waals surface area contributed by atoms with Crippen LogP contribution in [0.4, 0.5) is 5.69 Å². The molecule has 4 aromatic rings. The fourth-order valence-corrected chi connectivity index (χ4v) is 4.08. The molecule has 2 aromatic carbocycles. The van der Waals surface area contributed by atoms with Crippen molar-refractivity contribution in [2.24, 2.45) is 0 Å². The van der Waals surface area contributed by atoms with Gasteiger partial charge in [-0.15, -0.1) is 0 Å². The first-order valence-electron chi connectivity index (χ1n) is 10.9. The lowest BCUT2D eigenvalue weighted by atomic mass is 10.2. The van der Waals surface area contributed by atoms with Gasteiger partial charge in [0, 0.05) is 39.0 Å². The van der Waals surface area contributed by atoms with E-state index < -0.39 is 0 Å². The van der Waals surface area contributed by atoms with Gasteiger partial charge in [0.05, 0.1) is 47.6 Å². The molecule has 0 atom stereocenters. The topological polar surface area (TPSA) is 93.4 Å². The van der Waals surface area contributed by atoms with Crippen LogP contribution in [-0.2, 0) is 11.3 Å². The number of nitrogens with zero attached hydrogens (tertiary/aromatic N) is 6. The van der Waals surface area contributed by atoms with Gasteiger partial charge in [-0.25, -0.2) is 9.97 Å². The molecule has 1 aliphatic heterocycles. The van der Waals surface area contributed by atoms with Gasteiger partial charge in [0.15, 0.2) is 0 Å². The molecule has 0 aliphatic carbocycles. The van der Waals surface area contributed by atoms with Gasteiger partial charge in [0.2, 0.25) is 0 Å². The first-order valence-corrected chi connectivity index (χ1v) is 10.9. The van der Waals surface area contributed by atoms with Crippen molar-refractivity contribution < 1.29 is 9.53 Å². The normalized spacial score (nSPS) is 14.2. The largest absolute Gasteiger partial charge is 0.383 e. The third-order valence-electron chi connectivity index (χ3n) is 5.94. The Kier molecular flexibility index (Phi) is 5.70. The summed E-state index contributed by atoms with van der Waals surface area (Å²) >= 11 is 0. The van der Waals surface area contributed by atoms with E-state index in [0.717, 1.165) is 11.2 Å². The summed E-state index contributed by atoms with van der Waals surface area (Å²) in [5.41, 5.74) is 3.43. The zero-order chi connectivity index (χ0) is 22.8. The Bertz CT molecular complexity index is 1380. The number of carbonyl (C=O) groups excluding carboxylic acids is 1. The molecule has 0 saturated carbocycles. The molecular formula is C24H24N6O3. The van der Waals surface area contributed by atoms with Gasteiger partial charge in [0.1, 0.15) is 5.69 Å². The van der Waals surface area contributed by atoms with E-state index in [0.29, 0.717) is 61.4 Å². The fourth-order valence-electron chi connectivity index (χ4n) is 4.08. The lowest BCUT2D eigenvalue weighted by Crippen LogP contribution is -2.49. The minimum atomic E-state index is -0.107. The number of fused-ring (bicyclic) bond motifs is 2. The highest BCUT2D eigenvalue weighted by Gasteiger charge is 2.24. The van der Waals surface area contributed by atoms with Crippen LogP contribution in [0.15, 0.2) is 59.8 Å². The Balaban J connectivity index is 1.29. The molecule has 33 heavy (non-hydrogen) atoms. The van der Waals surface area contributed by atoms with Crippen LogP contribution in [0, 0.1) is 0 Å². The maximum Gasteiger partial charge on any atom is 0.274 e. The Hall–Kier alpha value is -3.85. The van der Waals surface area contributed by atoms with Crippen LogP contribution in [0.2, 0.25) is 0 Å². The molecule has 0 N–H and O–H groups in total. The molecular weight excluding hydrogens is 420 g/mol. The molecule has 0 unspecified atom stereocenters. The maximum atomic E-state index is 13.0. The van der Waals surface area contributed by atoms with Gasteiger partial charge in [-0.05, 0) is 30.3 Å². The lowest BCUT2D eigenvalue weighted by Gasteiger charge is -2.36. The highest BCUT2D eigenvalue weighted by atomic mass is 16.5. The van der Waals surface area contributed by atoms with E-state index in [4.69, 9.17) is 4.74 Å². The van der Waals surface area contributed by atoms with Crippen molar-refractivity contribution >= 4 is 33.5 Å². The molecule has 5 rings (SSSR count). The Labute approximate surface area is 190 Å². The summed E-state index contributed by atoms with van der Waals surface area (Å²) in [6.07, 6.45) is 3.11. The highest BCUT2D eigenvalue weighted by Crippen LogP contribution is 2.21. The van der Waals surface area contributed by atoms with Crippen LogP contribution >= 0.6 is 0 Å². The maximum absolute atomic E-state index is 13.0. The number of hydrogen-bond donors (Lipinski definition) is 0. The van der Waals surface area contributed by atoms with E-state index in [-0.39, 0.29) is 11.5 Å². The molecule has 1 amide bonds. The van der Waals surface area contributed by atoms with Gasteiger partial charge in [0.25, 0.3) is 11.5 Å². The third-order valence-corrected chi connectivity index (χ3v) is 5.94. The summed E-state index contributed by atoms with van der Waals surface area (Å²) in [4.78, 5) is 42.9. The quantitative estimate of drug-likeness (QED) is 0.464. The van der Waals surface area contributed by atoms with Crippen LogP contribution in [0.3, 0.4) is 0 Å². The average molecular weight is 444 g/mol. The van der Waals surface area contributed by atoms with E-state index in [9.17, 15) is 9.59 Å². The van der Waals surface area contributed by atoms with E-state index in [1.54, 1.807) is 24.2 Å². The summed E-state index contributed by atoms with van der Waals surface area (Å²) in [5, 5.41) is 0.584. The van der Waals surface area contributed by atoms with Crippen molar-refractivity contribution in [2.45, 2.75) is 6.54 Å². The summed E-state index contributed by atoms with van der Waals surface area (Å²) in [6.45, 7) is 3.46. The predicted molar refractivity (Wildman–Crippen MR) is 126 cm³/mol. The third kappa shape index (κ3) is 4.14. The smallest absolute Gasteiger partial charge is 0.274 e. The van der Waals surface area contributed by atoms with Gasteiger partial charge in [-0.2, -0.15) is 0 Å². The summed E-state index contributed by atoms with van der Waals surface area (Å²) in [5.74, 6) is -0.107. The second kappa shape index (κ2) is 8.95. The van der Waals surface area contributed by atoms with Crippen LogP contribution in [0.5, 0.6) is 0 Å². The number of aromatic nitrogens is 4. The standard InChI is InChI=1S/C24H24N6O3/c1-33-13-12-30-16-26-21-14-17(6-7-18(21)23(30)31)28-8-10-29(11-9-28)24(32)22-15-25-19-4-2-3-5-20(19)27-22/h2-7,14-16H,8-13H2,1H3.